The fourth-order valence-electron chi connectivity index (χ4n) is 3.18. The number of hydrogen-bond donors (Lipinski definition) is 0. The maximum Gasteiger partial charge on any atom is 0.254 e. The zero-order chi connectivity index (χ0) is 21.6. The summed E-state index contributed by atoms with van der Waals surface area (Å²) in [7, 11) is -1.89. The molecule has 0 N–H and O–H groups in total. The number of rotatable bonds is 8. The first-order valence-corrected chi connectivity index (χ1v) is 11.5. The second-order valence-electron chi connectivity index (χ2n) is 7.05. The van der Waals surface area contributed by atoms with Gasteiger partial charge in [0, 0.05) is 25.7 Å². The van der Waals surface area contributed by atoms with Gasteiger partial charge >= 0.3 is 0 Å². The molecule has 3 rings (SSSR count). The predicted molar refractivity (Wildman–Crippen MR) is 121 cm³/mol. The Kier molecular flexibility index (Phi) is 6.90. The Morgan fingerprint density at radius 1 is 0.800 bits per heavy atom. The minimum Gasteiger partial charge on any atom is -0.330 e. The summed E-state index contributed by atoms with van der Waals surface area (Å²) < 4.78 is 25.7. The second kappa shape index (κ2) is 9.59. The minimum absolute atomic E-state index is 0.00415. The number of sulfonamides is 1. The molecule has 30 heavy (non-hydrogen) atoms. The summed E-state index contributed by atoms with van der Waals surface area (Å²) >= 11 is 0. The molecule has 0 saturated carbocycles. The van der Waals surface area contributed by atoms with Crippen LogP contribution in [-0.2, 0) is 23.1 Å². The number of nitrogens with zero attached hydrogens (tertiary/aromatic N) is 2. The maximum absolute atomic E-state index is 13.4. The molecule has 0 bridgehead atoms. The third-order valence-electron chi connectivity index (χ3n) is 4.96. The van der Waals surface area contributed by atoms with Crippen LogP contribution in [0.15, 0.2) is 84.9 Å². The average Bonchev–Trinajstić information content (AvgIpc) is 2.79. The Labute approximate surface area is 178 Å². The molecule has 3 aromatic carbocycles. The lowest BCUT2D eigenvalue weighted by atomic mass is 10.1. The smallest absolute Gasteiger partial charge is 0.254 e. The van der Waals surface area contributed by atoms with Crippen molar-refractivity contribution in [3.63, 3.8) is 0 Å². The van der Waals surface area contributed by atoms with E-state index < -0.39 is 10.0 Å². The molecule has 156 valence electrons. The van der Waals surface area contributed by atoms with Gasteiger partial charge in [0.1, 0.15) is 0 Å². The molecule has 0 atom stereocenters. The summed E-state index contributed by atoms with van der Waals surface area (Å²) in [6, 6.07) is 26.4. The van der Waals surface area contributed by atoms with Crippen molar-refractivity contribution >= 4 is 21.6 Å². The molecule has 0 aromatic heterocycles. The molecule has 0 unspecified atom stereocenters. The SMILES string of the molecule is CCS(=O)(=O)N(C)c1cccc(C(=O)N(Cc2ccccc2)Cc2ccccc2)c1. The fraction of sp³-hybridized carbons (Fsp3) is 0.208. The Hall–Kier alpha value is -3.12. The normalized spacial score (nSPS) is 11.1. The number of hydrogen-bond acceptors (Lipinski definition) is 3. The Morgan fingerprint density at radius 2 is 1.33 bits per heavy atom. The van der Waals surface area contributed by atoms with Crippen molar-refractivity contribution in [1.29, 1.82) is 0 Å². The van der Waals surface area contributed by atoms with Crippen LogP contribution in [0.5, 0.6) is 0 Å². The van der Waals surface area contributed by atoms with Gasteiger partial charge in [-0.05, 0) is 36.2 Å². The number of benzene rings is 3. The van der Waals surface area contributed by atoms with Crippen LogP contribution in [0.25, 0.3) is 0 Å². The maximum atomic E-state index is 13.4. The molecule has 0 aliphatic heterocycles. The first kappa shape index (κ1) is 21.6. The van der Waals surface area contributed by atoms with E-state index in [4.69, 9.17) is 0 Å². The highest BCUT2D eigenvalue weighted by Gasteiger charge is 2.20. The van der Waals surface area contributed by atoms with Crippen molar-refractivity contribution in [1.82, 2.24) is 4.90 Å². The molecule has 0 radical (unpaired) electrons. The van der Waals surface area contributed by atoms with E-state index in [2.05, 4.69) is 0 Å². The summed E-state index contributed by atoms with van der Waals surface area (Å²) in [5.74, 6) is -0.151. The van der Waals surface area contributed by atoms with Crippen molar-refractivity contribution in [2.24, 2.45) is 0 Å². The van der Waals surface area contributed by atoms with Gasteiger partial charge in [-0.2, -0.15) is 0 Å². The van der Waals surface area contributed by atoms with Gasteiger partial charge in [0.05, 0.1) is 11.4 Å². The number of anilines is 1. The van der Waals surface area contributed by atoms with E-state index in [1.807, 2.05) is 60.7 Å². The molecule has 5 nitrogen and oxygen atoms in total. The van der Waals surface area contributed by atoms with Crippen LogP contribution < -0.4 is 4.31 Å². The van der Waals surface area contributed by atoms with Crippen molar-refractivity contribution in [2.45, 2.75) is 20.0 Å². The largest absolute Gasteiger partial charge is 0.330 e. The van der Waals surface area contributed by atoms with Gasteiger partial charge in [-0.1, -0.05) is 66.7 Å². The molecule has 1 amide bonds. The van der Waals surface area contributed by atoms with E-state index in [1.165, 1.54) is 11.4 Å². The molecule has 3 aromatic rings. The topological polar surface area (TPSA) is 57.7 Å². The lowest BCUT2D eigenvalue weighted by Crippen LogP contribution is -2.31. The lowest BCUT2D eigenvalue weighted by molar-refractivity contribution is 0.0730. The van der Waals surface area contributed by atoms with E-state index in [0.29, 0.717) is 24.3 Å². The van der Waals surface area contributed by atoms with Crippen LogP contribution in [0.4, 0.5) is 5.69 Å². The van der Waals surface area contributed by atoms with Crippen LogP contribution in [0.1, 0.15) is 28.4 Å². The standard InChI is InChI=1S/C24H26N2O3S/c1-3-30(28,29)25(2)23-16-10-15-22(17-23)24(27)26(18-20-11-6-4-7-12-20)19-21-13-8-5-9-14-21/h4-17H,3,18-19H2,1-2H3. The third-order valence-corrected chi connectivity index (χ3v) is 6.73. The first-order valence-electron chi connectivity index (χ1n) is 9.84. The van der Waals surface area contributed by atoms with Crippen molar-refractivity contribution < 1.29 is 13.2 Å². The summed E-state index contributed by atoms with van der Waals surface area (Å²) in [5, 5.41) is 0. The Bertz CT molecular complexity index is 1040. The number of amides is 1. The zero-order valence-electron chi connectivity index (χ0n) is 17.2. The van der Waals surface area contributed by atoms with Crippen molar-refractivity contribution in [2.75, 3.05) is 17.1 Å². The predicted octanol–water partition coefficient (Wildman–Crippen LogP) is 4.32. The van der Waals surface area contributed by atoms with E-state index >= 15 is 0 Å². The molecular weight excluding hydrogens is 396 g/mol. The lowest BCUT2D eigenvalue weighted by Gasteiger charge is -2.24. The van der Waals surface area contributed by atoms with Gasteiger partial charge in [-0.3, -0.25) is 9.10 Å². The molecule has 0 heterocycles. The molecule has 6 heteroatoms. The van der Waals surface area contributed by atoms with E-state index in [1.54, 1.807) is 36.1 Å². The van der Waals surface area contributed by atoms with E-state index in [0.717, 1.165) is 11.1 Å². The summed E-state index contributed by atoms with van der Waals surface area (Å²) in [6.45, 7) is 2.52. The van der Waals surface area contributed by atoms with Crippen molar-refractivity contribution in [3.8, 4) is 0 Å². The third kappa shape index (κ3) is 5.27. The molecule has 0 aliphatic rings. The van der Waals surface area contributed by atoms with Crippen molar-refractivity contribution in [3.05, 3.63) is 102 Å². The monoisotopic (exact) mass is 422 g/mol. The second-order valence-corrected chi connectivity index (χ2v) is 9.34. The summed E-state index contributed by atoms with van der Waals surface area (Å²) in [4.78, 5) is 15.2. The summed E-state index contributed by atoms with van der Waals surface area (Å²) in [6.07, 6.45) is 0. The molecule has 0 fully saturated rings. The zero-order valence-corrected chi connectivity index (χ0v) is 18.0. The highest BCUT2D eigenvalue weighted by atomic mass is 32.2. The van der Waals surface area contributed by atoms with Crippen LogP contribution in [-0.4, -0.2) is 32.0 Å². The Balaban J connectivity index is 1.91. The van der Waals surface area contributed by atoms with Gasteiger partial charge in [0.25, 0.3) is 5.91 Å². The molecular formula is C24H26N2O3S. The van der Waals surface area contributed by atoms with Crippen LogP contribution in [0.3, 0.4) is 0 Å². The molecule has 0 spiro atoms. The van der Waals surface area contributed by atoms with Gasteiger partial charge in [-0.25, -0.2) is 8.42 Å². The number of carbonyl (C=O) groups excluding carboxylic acids is 1. The first-order chi connectivity index (χ1) is 14.4. The average molecular weight is 423 g/mol. The highest BCUT2D eigenvalue weighted by molar-refractivity contribution is 7.92. The highest BCUT2D eigenvalue weighted by Crippen LogP contribution is 2.21. The fourth-order valence-corrected chi connectivity index (χ4v) is 4.00. The Morgan fingerprint density at radius 3 is 1.83 bits per heavy atom. The van der Waals surface area contributed by atoms with Gasteiger partial charge < -0.3 is 4.90 Å². The van der Waals surface area contributed by atoms with Gasteiger partial charge in [0.15, 0.2) is 0 Å². The number of carbonyl (C=O) groups is 1. The van der Waals surface area contributed by atoms with Crippen LogP contribution in [0, 0.1) is 0 Å². The minimum atomic E-state index is -3.40. The quantitative estimate of drug-likeness (QED) is 0.543. The van der Waals surface area contributed by atoms with E-state index in [-0.39, 0.29) is 11.7 Å². The van der Waals surface area contributed by atoms with Crippen LogP contribution >= 0.6 is 0 Å². The molecule has 0 aliphatic carbocycles. The van der Waals surface area contributed by atoms with Gasteiger partial charge in [0.2, 0.25) is 10.0 Å². The summed E-state index contributed by atoms with van der Waals surface area (Å²) in [5.41, 5.74) is 2.99. The molecule has 0 saturated heterocycles. The van der Waals surface area contributed by atoms with Gasteiger partial charge in [-0.15, -0.1) is 0 Å². The van der Waals surface area contributed by atoms with E-state index in [9.17, 15) is 13.2 Å². The van der Waals surface area contributed by atoms with Crippen LogP contribution in [0.2, 0.25) is 0 Å².